The van der Waals surface area contributed by atoms with E-state index in [1.54, 1.807) is 18.0 Å². The Hall–Kier alpha value is -2.75. The summed E-state index contributed by atoms with van der Waals surface area (Å²) in [6, 6.07) is 15.4. The van der Waals surface area contributed by atoms with Crippen LogP contribution in [0.25, 0.3) is 16.9 Å². The van der Waals surface area contributed by atoms with Crippen molar-refractivity contribution in [2.24, 2.45) is 0 Å². The normalized spacial score (nSPS) is 10.6. The molecule has 0 bridgehead atoms. The summed E-state index contributed by atoms with van der Waals surface area (Å²) in [5.74, 6) is 0.948. The predicted octanol–water partition coefficient (Wildman–Crippen LogP) is 3.56. The maximum atomic E-state index is 10.1. The Morgan fingerprint density at radius 2 is 1.67 bits per heavy atom. The van der Waals surface area contributed by atoms with Gasteiger partial charge < -0.3 is 9.84 Å². The minimum absolute atomic E-state index is 0.162. The topological polar surface area (TPSA) is 47.3 Å². The molecule has 0 spiro atoms. The Kier molecular flexibility index (Phi) is 3.36. The van der Waals surface area contributed by atoms with Gasteiger partial charge in [-0.15, -0.1) is 0 Å². The van der Waals surface area contributed by atoms with E-state index in [0.29, 0.717) is 5.69 Å². The molecule has 0 aliphatic carbocycles. The SMILES string of the molecule is COc1ccc(-n2cc(O)c(-c3ccc(C)cc3)n2)cc1. The highest BCUT2D eigenvalue weighted by Crippen LogP contribution is 2.29. The Bertz CT molecular complexity index is 743. The molecule has 0 amide bonds. The minimum Gasteiger partial charge on any atom is -0.504 e. The molecule has 1 aromatic heterocycles. The lowest BCUT2D eigenvalue weighted by atomic mass is 10.1. The molecular formula is C17H16N2O2. The first-order valence-electron chi connectivity index (χ1n) is 6.67. The lowest BCUT2D eigenvalue weighted by Gasteiger charge is -2.03. The molecule has 0 radical (unpaired) electrons. The maximum Gasteiger partial charge on any atom is 0.162 e. The molecule has 0 aliphatic rings. The molecule has 0 saturated heterocycles. The van der Waals surface area contributed by atoms with Crippen molar-refractivity contribution in [3.63, 3.8) is 0 Å². The van der Waals surface area contributed by atoms with Crippen molar-refractivity contribution in [3.8, 4) is 28.4 Å². The molecule has 0 fully saturated rings. The van der Waals surface area contributed by atoms with Gasteiger partial charge in [0, 0.05) is 5.56 Å². The fourth-order valence-corrected chi connectivity index (χ4v) is 2.15. The van der Waals surface area contributed by atoms with Gasteiger partial charge >= 0.3 is 0 Å². The van der Waals surface area contributed by atoms with Crippen molar-refractivity contribution in [2.75, 3.05) is 7.11 Å². The summed E-state index contributed by atoms with van der Waals surface area (Å²) in [7, 11) is 1.63. The average Bonchev–Trinajstić information content (AvgIpc) is 2.90. The quantitative estimate of drug-likeness (QED) is 0.798. The zero-order chi connectivity index (χ0) is 14.8. The number of nitrogens with zero attached hydrogens (tertiary/aromatic N) is 2. The molecule has 3 aromatic rings. The predicted molar refractivity (Wildman–Crippen MR) is 82.0 cm³/mol. The van der Waals surface area contributed by atoms with E-state index in [2.05, 4.69) is 5.10 Å². The molecule has 0 aliphatic heterocycles. The summed E-state index contributed by atoms with van der Waals surface area (Å²) in [5, 5.41) is 14.6. The van der Waals surface area contributed by atoms with Crippen LogP contribution in [-0.4, -0.2) is 22.0 Å². The molecule has 4 nitrogen and oxygen atoms in total. The van der Waals surface area contributed by atoms with Crippen molar-refractivity contribution in [1.29, 1.82) is 0 Å². The molecule has 1 N–H and O–H groups in total. The molecule has 21 heavy (non-hydrogen) atoms. The highest BCUT2D eigenvalue weighted by molar-refractivity contribution is 5.66. The van der Waals surface area contributed by atoms with Crippen LogP contribution in [-0.2, 0) is 0 Å². The maximum absolute atomic E-state index is 10.1. The van der Waals surface area contributed by atoms with Crippen LogP contribution >= 0.6 is 0 Å². The Balaban J connectivity index is 1.98. The number of rotatable bonds is 3. The van der Waals surface area contributed by atoms with Crippen LogP contribution in [0.3, 0.4) is 0 Å². The van der Waals surface area contributed by atoms with E-state index in [9.17, 15) is 5.11 Å². The highest BCUT2D eigenvalue weighted by atomic mass is 16.5. The second-order valence-electron chi connectivity index (χ2n) is 4.87. The summed E-state index contributed by atoms with van der Waals surface area (Å²) >= 11 is 0. The van der Waals surface area contributed by atoms with Crippen LogP contribution in [0.1, 0.15) is 5.56 Å². The number of benzene rings is 2. The molecule has 0 unspecified atom stereocenters. The number of ether oxygens (including phenoxy) is 1. The Morgan fingerprint density at radius 1 is 1.00 bits per heavy atom. The molecule has 0 saturated carbocycles. The minimum atomic E-state index is 0.162. The lowest BCUT2D eigenvalue weighted by molar-refractivity contribution is 0.414. The van der Waals surface area contributed by atoms with Gasteiger partial charge in [0.15, 0.2) is 5.75 Å². The van der Waals surface area contributed by atoms with Gasteiger partial charge in [-0.3, -0.25) is 0 Å². The van der Waals surface area contributed by atoms with E-state index in [1.807, 2.05) is 55.5 Å². The van der Waals surface area contributed by atoms with E-state index < -0.39 is 0 Å². The summed E-state index contributed by atoms with van der Waals surface area (Å²) < 4.78 is 6.79. The van der Waals surface area contributed by atoms with Gasteiger partial charge in [-0.05, 0) is 31.2 Å². The summed E-state index contributed by atoms with van der Waals surface area (Å²) in [4.78, 5) is 0. The van der Waals surface area contributed by atoms with Gasteiger partial charge in [0.25, 0.3) is 0 Å². The summed E-state index contributed by atoms with van der Waals surface area (Å²) in [5.41, 5.74) is 3.51. The first-order valence-corrected chi connectivity index (χ1v) is 6.67. The Labute approximate surface area is 123 Å². The molecule has 106 valence electrons. The van der Waals surface area contributed by atoms with Gasteiger partial charge in [0.05, 0.1) is 19.0 Å². The molecule has 4 heteroatoms. The van der Waals surface area contributed by atoms with Crippen LogP contribution in [0, 0.1) is 6.92 Å². The molecule has 1 heterocycles. The molecular weight excluding hydrogens is 264 g/mol. The first kappa shape index (κ1) is 13.2. The smallest absolute Gasteiger partial charge is 0.162 e. The number of aromatic hydroxyl groups is 1. The zero-order valence-electron chi connectivity index (χ0n) is 11.9. The third kappa shape index (κ3) is 2.60. The van der Waals surface area contributed by atoms with Gasteiger partial charge in [0.2, 0.25) is 0 Å². The van der Waals surface area contributed by atoms with Crippen molar-refractivity contribution in [2.45, 2.75) is 6.92 Å². The van der Waals surface area contributed by atoms with Gasteiger partial charge in [0.1, 0.15) is 11.4 Å². The third-order valence-corrected chi connectivity index (χ3v) is 3.36. The van der Waals surface area contributed by atoms with E-state index in [1.165, 1.54) is 5.56 Å². The van der Waals surface area contributed by atoms with Crippen LogP contribution in [0.5, 0.6) is 11.5 Å². The first-order chi connectivity index (χ1) is 10.2. The molecule has 3 rings (SSSR count). The van der Waals surface area contributed by atoms with Crippen molar-refractivity contribution in [3.05, 3.63) is 60.3 Å². The summed E-state index contributed by atoms with van der Waals surface area (Å²) in [6.45, 7) is 2.03. The van der Waals surface area contributed by atoms with E-state index in [4.69, 9.17) is 4.74 Å². The largest absolute Gasteiger partial charge is 0.504 e. The number of methoxy groups -OCH3 is 1. The number of hydrogen-bond donors (Lipinski definition) is 1. The van der Waals surface area contributed by atoms with Crippen molar-refractivity contribution >= 4 is 0 Å². The van der Waals surface area contributed by atoms with E-state index in [0.717, 1.165) is 17.0 Å². The van der Waals surface area contributed by atoms with Gasteiger partial charge in [-0.2, -0.15) is 5.10 Å². The van der Waals surface area contributed by atoms with Crippen LogP contribution < -0.4 is 4.74 Å². The average molecular weight is 280 g/mol. The second-order valence-corrected chi connectivity index (χ2v) is 4.87. The Morgan fingerprint density at radius 3 is 2.29 bits per heavy atom. The van der Waals surface area contributed by atoms with E-state index in [-0.39, 0.29) is 5.75 Å². The zero-order valence-corrected chi connectivity index (χ0v) is 11.9. The van der Waals surface area contributed by atoms with Crippen LogP contribution in [0.2, 0.25) is 0 Å². The fourth-order valence-electron chi connectivity index (χ4n) is 2.15. The number of hydrogen-bond acceptors (Lipinski definition) is 3. The van der Waals surface area contributed by atoms with Crippen molar-refractivity contribution < 1.29 is 9.84 Å². The lowest BCUT2D eigenvalue weighted by Crippen LogP contribution is -1.95. The third-order valence-electron chi connectivity index (χ3n) is 3.36. The summed E-state index contributed by atoms with van der Waals surface area (Å²) in [6.07, 6.45) is 1.61. The fraction of sp³-hybridized carbons (Fsp3) is 0.118. The monoisotopic (exact) mass is 280 g/mol. The van der Waals surface area contributed by atoms with Crippen LogP contribution in [0.4, 0.5) is 0 Å². The van der Waals surface area contributed by atoms with E-state index >= 15 is 0 Å². The molecule has 0 atom stereocenters. The standard InChI is InChI=1S/C17H16N2O2/c1-12-3-5-13(6-4-12)17-16(20)11-19(18-17)14-7-9-15(21-2)10-8-14/h3-11,20H,1-2H3. The van der Waals surface area contributed by atoms with Crippen LogP contribution in [0.15, 0.2) is 54.7 Å². The van der Waals surface area contributed by atoms with Gasteiger partial charge in [-0.1, -0.05) is 29.8 Å². The number of aromatic nitrogens is 2. The van der Waals surface area contributed by atoms with Gasteiger partial charge in [-0.25, -0.2) is 4.68 Å². The number of aryl methyl sites for hydroxylation is 1. The molecule has 2 aromatic carbocycles. The second kappa shape index (κ2) is 5.32. The van der Waals surface area contributed by atoms with Crippen molar-refractivity contribution in [1.82, 2.24) is 9.78 Å². The highest BCUT2D eigenvalue weighted by Gasteiger charge is 2.11.